The number of hydrogen-bond acceptors (Lipinski definition) is 7. The van der Waals surface area contributed by atoms with Crippen LogP contribution in [-0.2, 0) is 24.3 Å². The summed E-state index contributed by atoms with van der Waals surface area (Å²) in [6.07, 6.45) is 3.53. The average molecular weight is 452 g/mol. The van der Waals surface area contributed by atoms with Crippen LogP contribution in [0, 0.1) is 0 Å². The highest BCUT2D eigenvalue weighted by Gasteiger charge is 2.35. The van der Waals surface area contributed by atoms with E-state index in [1.165, 1.54) is 24.1 Å². The van der Waals surface area contributed by atoms with Gasteiger partial charge in [-0.15, -0.1) is 0 Å². The maximum atomic E-state index is 13.1. The van der Waals surface area contributed by atoms with Gasteiger partial charge in [-0.1, -0.05) is 13.3 Å². The molecule has 31 heavy (non-hydrogen) atoms. The van der Waals surface area contributed by atoms with Gasteiger partial charge in [0.15, 0.2) is 0 Å². The summed E-state index contributed by atoms with van der Waals surface area (Å²) in [7, 11) is -2.37. The number of nitrogens with one attached hydrogen (secondary N) is 1. The number of ether oxygens (including phenoxy) is 1. The van der Waals surface area contributed by atoms with Crippen molar-refractivity contribution in [2.24, 2.45) is 0 Å². The number of benzene rings is 1. The molecule has 1 amide bonds. The lowest BCUT2D eigenvalue weighted by Gasteiger charge is -2.34. The van der Waals surface area contributed by atoms with Gasteiger partial charge in [-0.05, 0) is 43.5 Å². The van der Waals surface area contributed by atoms with E-state index in [9.17, 15) is 18.0 Å². The molecule has 170 valence electrons. The first-order chi connectivity index (χ1) is 14.8. The van der Waals surface area contributed by atoms with Crippen LogP contribution >= 0.6 is 0 Å². The Morgan fingerprint density at radius 2 is 1.97 bits per heavy atom. The van der Waals surface area contributed by atoms with Crippen molar-refractivity contribution in [2.75, 3.05) is 38.7 Å². The molecule has 0 aromatic heterocycles. The van der Waals surface area contributed by atoms with Crippen molar-refractivity contribution >= 4 is 27.6 Å². The minimum absolute atomic E-state index is 0.0120. The summed E-state index contributed by atoms with van der Waals surface area (Å²) >= 11 is 0. The lowest BCUT2D eigenvalue weighted by Crippen LogP contribution is -2.43. The minimum Gasteiger partial charge on any atom is -0.466 e. The lowest BCUT2D eigenvalue weighted by molar-refractivity contribution is -0.136. The summed E-state index contributed by atoms with van der Waals surface area (Å²) in [5.41, 5.74) is 0.704. The highest BCUT2D eigenvalue weighted by Crippen LogP contribution is 2.28. The number of amides is 1. The Bertz CT molecular complexity index is 958. The molecule has 0 aliphatic carbocycles. The monoisotopic (exact) mass is 451 g/mol. The Labute approximate surface area is 182 Å². The van der Waals surface area contributed by atoms with Crippen molar-refractivity contribution < 1.29 is 27.9 Å². The van der Waals surface area contributed by atoms with Gasteiger partial charge in [-0.2, -0.15) is 4.31 Å². The molecule has 0 bridgehead atoms. The summed E-state index contributed by atoms with van der Waals surface area (Å²) in [5.74, 6) is -1.06. The fourth-order valence-corrected chi connectivity index (χ4v) is 5.80. The first-order valence-corrected chi connectivity index (χ1v) is 11.9. The first-order valence-electron chi connectivity index (χ1n) is 10.4. The van der Waals surface area contributed by atoms with Gasteiger partial charge < -0.3 is 20.1 Å². The third-order valence-electron chi connectivity index (χ3n) is 5.73. The van der Waals surface area contributed by atoms with Gasteiger partial charge in [-0.25, -0.2) is 13.2 Å². The van der Waals surface area contributed by atoms with Crippen molar-refractivity contribution in [3.8, 4) is 0 Å². The molecular formula is C21H29N3O6S. The van der Waals surface area contributed by atoms with Gasteiger partial charge in [0.2, 0.25) is 10.0 Å². The van der Waals surface area contributed by atoms with E-state index in [0.29, 0.717) is 12.2 Å². The fourth-order valence-electron chi connectivity index (χ4n) is 4.04. The number of piperidine rings is 1. The fraction of sp³-hybridized carbons (Fsp3) is 0.524. The minimum atomic E-state index is -3.61. The van der Waals surface area contributed by atoms with E-state index in [1.807, 2.05) is 6.92 Å². The number of sulfonamides is 1. The van der Waals surface area contributed by atoms with Gasteiger partial charge in [0.1, 0.15) is 5.70 Å². The normalized spacial score (nSPS) is 20.3. The summed E-state index contributed by atoms with van der Waals surface area (Å²) in [6, 6.07) is 6.16. The van der Waals surface area contributed by atoms with Crippen LogP contribution in [0.25, 0.3) is 0 Å². The molecule has 1 saturated heterocycles. The number of methoxy groups -OCH3 is 1. The molecule has 1 aromatic carbocycles. The molecule has 2 aliphatic rings. The SMILES string of the molecule is CCC1CCCCN1S(=O)(=O)c1ccc(NC2=C(C(=O)OC)CN(CCO)C2=O)cc1. The van der Waals surface area contributed by atoms with E-state index in [-0.39, 0.29) is 41.9 Å². The molecule has 9 nitrogen and oxygen atoms in total. The number of nitrogens with zero attached hydrogens (tertiary/aromatic N) is 2. The molecule has 2 aliphatic heterocycles. The van der Waals surface area contributed by atoms with E-state index < -0.39 is 21.9 Å². The Kier molecular flexibility index (Phi) is 7.34. The molecular weight excluding hydrogens is 422 g/mol. The second-order valence-electron chi connectivity index (χ2n) is 7.62. The van der Waals surface area contributed by atoms with Gasteiger partial charge in [-0.3, -0.25) is 4.79 Å². The Morgan fingerprint density at radius 3 is 2.58 bits per heavy atom. The summed E-state index contributed by atoms with van der Waals surface area (Å²) in [5, 5.41) is 12.1. The number of esters is 1. The zero-order chi connectivity index (χ0) is 22.6. The molecule has 2 heterocycles. The molecule has 0 spiro atoms. The van der Waals surface area contributed by atoms with Crippen LogP contribution in [0.1, 0.15) is 32.6 Å². The quantitative estimate of drug-likeness (QED) is 0.573. The number of β-amino-alcohol motifs (C(OH)–C–C–N with tert-alkyl or cyclic N) is 1. The van der Waals surface area contributed by atoms with E-state index in [1.54, 1.807) is 16.4 Å². The number of aliphatic hydroxyl groups is 1. The highest BCUT2D eigenvalue weighted by molar-refractivity contribution is 7.89. The largest absolute Gasteiger partial charge is 0.466 e. The van der Waals surface area contributed by atoms with Crippen molar-refractivity contribution in [3.63, 3.8) is 0 Å². The van der Waals surface area contributed by atoms with Crippen molar-refractivity contribution in [1.82, 2.24) is 9.21 Å². The zero-order valence-electron chi connectivity index (χ0n) is 17.8. The molecule has 0 radical (unpaired) electrons. The van der Waals surface area contributed by atoms with Crippen LogP contribution in [0.2, 0.25) is 0 Å². The third-order valence-corrected chi connectivity index (χ3v) is 7.69. The van der Waals surface area contributed by atoms with E-state index in [4.69, 9.17) is 9.84 Å². The van der Waals surface area contributed by atoms with Crippen LogP contribution in [0.5, 0.6) is 0 Å². The summed E-state index contributed by atoms with van der Waals surface area (Å²) < 4.78 is 32.6. The number of carbonyl (C=O) groups excluding carboxylic acids is 2. The molecule has 1 atom stereocenters. The maximum absolute atomic E-state index is 13.1. The van der Waals surface area contributed by atoms with Crippen molar-refractivity contribution in [2.45, 2.75) is 43.5 Å². The lowest BCUT2D eigenvalue weighted by atomic mass is 10.0. The van der Waals surface area contributed by atoms with Gasteiger partial charge in [0, 0.05) is 24.8 Å². The summed E-state index contributed by atoms with van der Waals surface area (Å²) in [4.78, 5) is 26.2. The molecule has 1 aromatic rings. The average Bonchev–Trinajstić information content (AvgIpc) is 3.09. The van der Waals surface area contributed by atoms with Crippen molar-refractivity contribution in [3.05, 3.63) is 35.5 Å². The topological polar surface area (TPSA) is 116 Å². The Morgan fingerprint density at radius 1 is 1.26 bits per heavy atom. The van der Waals surface area contributed by atoms with Crippen LogP contribution in [0.15, 0.2) is 40.4 Å². The predicted molar refractivity (Wildman–Crippen MR) is 115 cm³/mol. The second kappa shape index (κ2) is 9.80. The van der Waals surface area contributed by atoms with Crippen LogP contribution in [0.4, 0.5) is 5.69 Å². The molecule has 10 heteroatoms. The molecule has 1 unspecified atom stereocenters. The summed E-state index contributed by atoms with van der Waals surface area (Å²) in [6.45, 7) is 2.42. The number of carbonyl (C=O) groups is 2. The van der Waals surface area contributed by atoms with E-state index >= 15 is 0 Å². The van der Waals surface area contributed by atoms with Gasteiger partial charge in [0.05, 0.1) is 30.7 Å². The number of hydrogen-bond donors (Lipinski definition) is 2. The van der Waals surface area contributed by atoms with Crippen LogP contribution in [0.3, 0.4) is 0 Å². The highest BCUT2D eigenvalue weighted by atomic mass is 32.2. The van der Waals surface area contributed by atoms with E-state index in [0.717, 1.165) is 25.7 Å². The first kappa shape index (κ1) is 23.2. The predicted octanol–water partition coefficient (Wildman–Crippen LogP) is 1.31. The smallest absolute Gasteiger partial charge is 0.337 e. The third kappa shape index (κ3) is 4.76. The van der Waals surface area contributed by atoms with Gasteiger partial charge >= 0.3 is 5.97 Å². The number of aliphatic hydroxyl groups excluding tert-OH is 1. The van der Waals surface area contributed by atoms with Crippen molar-refractivity contribution in [1.29, 1.82) is 0 Å². The zero-order valence-corrected chi connectivity index (χ0v) is 18.7. The van der Waals surface area contributed by atoms with E-state index in [2.05, 4.69) is 5.32 Å². The molecule has 0 saturated carbocycles. The molecule has 2 N–H and O–H groups in total. The molecule has 3 rings (SSSR count). The van der Waals surface area contributed by atoms with Crippen LogP contribution in [-0.4, -0.2) is 74.0 Å². The molecule has 1 fully saturated rings. The Balaban J connectivity index is 1.82. The van der Waals surface area contributed by atoms with Gasteiger partial charge in [0.25, 0.3) is 5.91 Å². The number of rotatable bonds is 8. The second-order valence-corrected chi connectivity index (χ2v) is 9.51. The standard InChI is InChI=1S/C21H29N3O6S/c1-3-16-6-4-5-11-24(16)31(28,29)17-9-7-15(8-10-17)22-19-18(21(27)30-2)14-23(12-13-25)20(19)26/h7-10,16,22,25H,3-6,11-14H2,1-2H3. The van der Waals surface area contributed by atoms with Crippen LogP contribution < -0.4 is 5.32 Å². The number of anilines is 1. The Hall–Kier alpha value is -2.43. The maximum Gasteiger partial charge on any atom is 0.337 e.